The van der Waals surface area contributed by atoms with Crippen LogP contribution in [0.15, 0.2) is 0 Å². The zero-order valence-corrected chi connectivity index (χ0v) is 18.4. The number of aliphatic carboxylic acids is 4. The van der Waals surface area contributed by atoms with E-state index in [0.29, 0.717) is 0 Å². The van der Waals surface area contributed by atoms with Gasteiger partial charge in [-0.25, -0.2) is 19.2 Å². The Hall–Kier alpha value is -1.94. The van der Waals surface area contributed by atoms with E-state index in [0.717, 1.165) is 17.5 Å². The van der Waals surface area contributed by atoms with Crippen LogP contribution in [0.3, 0.4) is 0 Å². The van der Waals surface area contributed by atoms with E-state index in [1.807, 2.05) is 0 Å². The second kappa shape index (κ2) is 16.8. The molecule has 0 radical (unpaired) electrons. The minimum absolute atomic E-state index is 0.816. The average molecular weight is 465 g/mol. The van der Waals surface area contributed by atoms with Gasteiger partial charge in [0, 0.05) is 32.6 Å². The average Bonchev–Trinajstić information content (AvgIpc) is 2.70. The van der Waals surface area contributed by atoms with Crippen LogP contribution in [0.2, 0.25) is 0 Å². The van der Waals surface area contributed by atoms with Gasteiger partial charge in [-0.05, 0) is 31.4 Å². The van der Waals surface area contributed by atoms with Crippen molar-refractivity contribution in [1.29, 1.82) is 0 Å². The Kier molecular flexibility index (Phi) is 15.7. The normalized spacial score (nSPS) is 17.1. The molecule has 0 amide bonds. The molecule has 0 unspecified atom stereocenters. The molecule has 12 heteroatoms. The van der Waals surface area contributed by atoms with E-state index >= 15 is 0 Å². The van der Waals surface area contributed by atoms with E-state index < -0.39 is 23.9 Å². The minimum atomic E-state index is -1.82. The van der Waals surface area contributed by atoms with Crippen LogP contribution < -0.4 is 0 Å². The smallest absolute Gasteiger partial charge is 0.414 e. The number of rotatable bonds is 3. The summed E-state index contributed by atoms with van der Waals surface area (Å²) in [5.41, 5.74) is 0. The molecule has 2 aliphatic heterocycles. The van der Waals surface area contributed by atoms with Crippen LogP contribution in [0.4, 0.5) is 0 Å². The molecule has 0 saturated carbocycles. The molecule has 2 heterocycles. The largest absolute Gasteiger partial charge is 0.473 e. The van der Waals surface area contributed by atoms with Crippen LogP contribution in [0.5, 0.6) is 0 Å². The van der Waals surface area contributed by atoms with Gasteiger partial charge in [0.25, 0.3) is 0 Å². The molecule has 0 aromatic heterocycles. The van der Waals surface area contributed by atoms with E-state index in [-0.39, 0.29) is 0 Å². The van der Waals surface area contributed by atoms with Crippen LogP contribution in [0.25, 0.3) is 0 Å². The summed E-state index contributed by atoms with van der Waals surface area (Å²) in [4.78, 5) is 41.3. The van der Waals surface area contributed by atoms with Gasteiger partial charge in [-0.1, -0.05) is 5.92 Å². The standard InChI is InChI=1S/C14H24N2S2.2C2H2O4/c1-15-8-10-16(11-9-15)7-4-2-3-6-14-17-12-5-13-18-14;2*3-1(4)2(5)6/h14H,3,5-13H2,1H3;2*(H,3,4)(H,5,6). The van der Waals surface area contributed by atoms with Crippen molar-refractivity contribution in [2.24, 2.45) is 0 Å². The lowest BCUT2D eigenvalue weighted by Crippen LogP contribution is -2.44. The molecule has 0 atom stereocenters. The number of carbonyl (C=O) groups is 4. The lowest BCUT2D eigenvalue weighted by Gasteiger charge is -2.30. The summed E-state index contributed by atoms with van der Waals surface area (Å²) in [7, 11) is 2.20. The molecule has 4 N–H and O–H groups in total. The van der Waals surface area contributed by atoms with Crippen molar-refractivity contribution in [2.45, 2.75) is 23.8 Å². The lowest BCUT2D eigenvalue weighted by atomic mass is 10.3. The summed E-state index contributed by atoms with van der Waals surface area (Å²) in [5.74, 6) is 2.12. The SMILES string of the molecule is CN1CCN(CC#CCCC2SCCCS2)CC1.O=C(O)C(=O)O.O=C(O)C(=O)O. The maximum atomic E-state index is 9.10. The van der Waals surface area contributed by atoms with E-state index in [1.54, 1.807) is 0 Å². The summed E-state index contributed by atoms with van der Waals surface area (Å²) >= 11 is 4.26. The van der Waals surface area contributed by atoms with Gasteiger partial charge in [-0.3, -0.25) is 4.90 Å². The van der Waals surface area contributed by atoms with E-state index in [9.17, 15) is 0 Å². The summed E-state index contributed by atoms with van der Waals surface area (Å²) in [6.07, 6.45) is 3.74. The van der Waals surface area contributed by atoms with Gasteiger partial charge in [0.05, 0.1) is 11.1 Å². The second-order valence-electron chi connectivity index (χ2n) is 6.22. The first-order valence-electron chi connectivity index (χ1n) is 9.15. The number of hydrogen-bond donors (Lipinski definition) is 4. The van der Waals surface area contributed by atoms with Crippen LogP contribution >= 0.6 is 23.5 Å². The van der Waals surface area contributed by atoms with Gasteiger partial charge in [0.2, 0.25) is 0 Å². The quantitative estimate of drug-likeness (QED) is 0.340. The van der Waals surface area contributed by atoms with Crippen molar-refractivity contribution in [3.63, 3.8) is 0 Å². The predicted molar refractivity (Wildman–Crippen MR) is 115 cm³/mol. The van der Waals surface area contributed by atoms with Crippen LogP contribution in [0, 0.1) is 11.8 Å². The van der Waals surface area contributed by atoms with E-state index in [4.69, 9.17) is 39.6 Å². The number of nitrogens with zero attached hydrogens (tertiary/aromatic N) is 2. The van der Waals surface area contributed by atoms with E-state index in [2.05, 4.69) is 52.2 Å². The molecule has 0 bridgehead atoms. The van der Waals surface area contributed by atoms with Crippen LogP contribution in [-0.4, -0.2) is 110 Å². The van der Waals surface area contributed by atoms with Gasteiger partial charge in [0.15, 0.2) is 0 Å². The Labute approximate surface area is 184 Å². The summed E-state index contributed by atoms with van der Waals surface area (Å²) in [6, 6.07) is 0. The first kappa shape index (κ1) is 28.1. The Balaban J connectivity index is 0.000000580. The molecule has 0 aromatic carbocycles. The van der Waals surface area contributed by atoms with Crippen molar-refractivity contribution in [2.75, 3.05) is 51.3 Å². The van der Waals surface area contributed by atoms with Gasteiger partial charge in [0.1, 0.15) is 0 Å². The van der Waals surface area contributed by atoms with Crippen molar-refractivity contribution < 1.29 is 39.6 Å². The Morgan fingerprint density at radius 2 is 1.30 bits per heavy atom. The molecular formula is C18H28N2O8S2. The Bertz CT molecular complexity index is 573. The van der Waals surface area contributed by atoms with Crippen LogP contribution in [-0.2, 0) is 19.2 Å². The zero-order chi connectivity index (χ0) is 22.9. The number of likely N-dealkylation sites (N-methyl/N-ethyl adjacent to an activating group) is 1. The first-order chi connectivity index (χ1) is 14.1. The van der Waals surface area contributed by atoms with Crippen molar-refractivity contribution in [1.82, 2.24) is 9.80 Å². The molecule has 0 spiro atoms. The monoisotopic (exact) mass is 464 g/mol. The number of carboxylic acids is 4. The highest BCUT2D eigenvalue weighted by atomic mass is 32.2. The van der Waals surface area contributed by atoms with Crippen molar-refractivity contribution in [3.8, 4) is 11.8 Å². The second-order valence-corrected chi connectivity index (χ2v) is 9.14. The van der Waals surface area contributed by atoms with Crippen molar-refractivity contribution >= 4 is 47.4 Å². The first-order valence-corrected chi connectivity index (χ1v) is 11.3. The highest BCUT2D eigenvalue weighted by Crippen LogP contribution is 2.33. The fourth-order valence-electron chi connectivity index (χ4n) is 2.16. The third-order valence-electron chi connectivity index (χ3n) is 3.79. The maximum Gasteiger partial charge on any atom is 0.414 e. The topological polar surface area (TPSA) is 156 Å². The number of thioether (sulfide) groups is 2. The number of carboxylic acid groups (broad SMARTS) is 4. The number of hydrogen-bond acceptors (Lipinski definition) is 8. The lowest BCUT2D eigenvalue weighted by molar-refractivity contribution is -0.159. The molecule has 170 valence electrons. The zero-order valence-electron chi connectivity index (χ0n) is 16.8. The molecule has 30 heavy (non-hydrogen) atoms. The molecule has 2 fully saturated rings. The molecule has 2 rings (SSSR count). The fraction of sp³-hybridized carbons (Fsp3) is 0.667. The fourth-order valence-corrected chi connectivity index (χ4v) is 5.02. The maximum absolute atomic E-state index is 9.10. The molecule has 0 aromatic rings. The highest BCUT2D eigenvalue weighted by molar-refractivity contribution is 8.17. The molecule has 10 nitrogen and oxygen atoms in total. The third-order valence-corrected chi connectivity index (χ3v) is 6.87. The third kappa shape index (κ3) is 15.9. The minimum Gasteiger partial charge on any atom is -0.473 e. The molecule has 2 saturated heterocycles. The van der Waals surface area contributed by atoms with Crippen molar-refractivity contribution in [3.05, 3.63) is 0 Å². The van der Waals surface area contributed by atoms with Gasteiger partial charge in [-0.2, -0.15) is 0 Å². The summed E-state index contributed by atoms with van der Waals surface area (Å²) in [5, 5.41) is 29.6. The van der Waals surface area contributed by atoms with Gasteiger partial charge in [-0.15, -0.1) is 29.4 Å². The highest BCUT2D eigenvalue weighted by Gasteiger charge is 2.13. The van der Waals surface area contributed by atoms with Gasteiger partial charge < -0.3 is 25.3 Å². The van der Waals surface area contributed by atoms with Gasteiger partial charge >= 0.3 is 23.9 Å². The predicted octanol–water partition coefficient (Wildman–Crippen LogP) is 0.525. The van der Waals surface area contributed by atoms with Crippen LogP contribution in [0.1, 0.15) is 19.3 Å². The molecule has 0 aliphatic carbocycles. The Morgan fingerprint density at radius 1 is 0.833 bits per heavy atom. The van der Waals surface area contributed by atoms with E-state index in [1.165, 1.54) is 50.5 Å². The molecule has 2 aliphatic rings. The molecular weight excluding hydrogens is 436 g/mol. The summed E-state index contributed by atoms with van der Waals surface area (Å²) in [6.45, 7) is 5.71. The summed E-state index contributed by atoms with van der Waals surface area (Å²) < 4.78 is 0.816. The Morgan fingerprint density at radius 3 is 1.73 bits per heavy atom. The number of piperazine rings is 1.